The first-order valence-electron chi connectivity index (χ1n) is 10.7. The van der Waals surface area contributed by atoms with Gasteiger partial charge in [0.2, 0.25) is 5.91 Å². The van der Waals surface area contributed by atoms with Crippen molar-refractivity contribution in [1.29, 1.82) is 0 Å². The van der Waals surface area contributed by atoms with Crippen molar-refractivity contribution in [2.75, 3.05) is 17.2 Å². The van der Waals surface area contributed by atoms with Crippen LogP contribution in [0.5, 0.6) is 0 Å². The van der Waals surface area contributed by atoms with Gasteiger partial charge in [-0.3, -0.25) is 4.79 Å². The fraction of sp³-hybridized carbons (Fsp3) is 0.391. The largest absolute Gasteiger partial charge is 0.368 e. The van der Waals surface area contributed by atoms with E-state index >= 15 is 0 Å². The molecule has 2 N–H and O–H groups in total. The fourth-order valence-corrected chi connectivity index (χ4v) is 3.65. The van der Waals surface area contributed by atoms with Gasteiger partial charge in [0.1, 0.15) is 5.82 Å². The Hall–Kier alpha value is -3.22. The van der Waals surface area contributed by atoms with Crippen molar-refractivity contribution < 1.29 is 4.79 Å². The van der Waals surface area contributed by atoms with Gasteiger partial charge in [-0.25, -0.2) is 0 Å². The number of benzene rings is 1. The Bertz CT molecular complexity index is 1040. The zero-order chi connectivity index (χ0) is 20.8. The van der Waals surface area contributed by atoms with Gasteiger partial charge in [-0.1, -0.05) is 29.3 Å². The maximum absolute atomic E-state index is 12.3. The molecule has 0 spiro atoms. The standard InChI is InChI=1S/C23H28N6O/c1-17-7-9-19(10-8-17)25-23(30)14-13-22-27-26-21-12-11-20(28-29(21)22)24-16-15-18-5-3-2-4-6-18/h5,7-12H,2-4,6,13-16H2,1H3,(H,24,28)(H,25,30). The van der Waals surface area contributed by atoms with Crippen LogP contribution in [0.3, 0.4) is 0 Å². The highest BCUT2D eigenvalue weighted by Crippen LogP contribution is 2.20. The molecule has 2 heterocycles. The van der Waals surface area contributed by atoms with E-state index < -0.39 is 0 Å². The monoisotopic (exact) mass is 404 g/mol. The highest BCUT2D eigenvalue weighted by Gasteiger charge is 2.11. The molecule has 0 saturated carbocycles. The van der Waals surface area contributed by atoms with Crippen LogP contribution in [0, 0.1) is 6.92 Å². The molecule has 30 heavy (non-hydrogen) atoms. The Morgan fingerprint density at radius 3 is 2.73 bits per heavy atom. The summed E-state index contributed by atoms with van der Waals surface area (Å²) in [4.78, 5) is 12.3. The molecule has 0 unspecified atom stereocenters. The second-order valence-corrected chi connectivity index (χ2v) is 7.80. The van der Waals surface area contributed by atoms with Crippen molar-refractivity contribution in [3.05, 3.63) is 59.4 Å². The maximum atomic E-state index is 12.3. The number of fused-ring (bicyclic) bond motifs is 1. The smallest absolute Gasteiger partial charge is 0.224 e. The lowest BCUT2D eigenvalue weighted by molar-refractivity contribution is -0.116. The maximum Gasteiger partial charge on any atom is 0.224 e. The van der Waals surface area contributed by atoms with E-state index in [9.17, 15) is 4.79 Å². The molecule has 3 aromatic rings. The molecule has 1 aliphatic carbocycles. The van der Waals surface area contributed by atoms with Gasteiger partial charge in [-0.2, -0.15) is 4.52 Å². The van der Waals surface area contributed by atoms with Crippen LogP contribution in [0.1, 0.15) is 49.9 Å². The quantitative estimate of drug-likeness (QED) is 0.547. The van der Waals surface area contributed by atoms with Crippen LogP contribution in [-0.2, 0) is 11.2 Å². The van der Waals surface area contributed by atoms with Gasteiger partial charge >= 0.3 is 0 Å². The lowest BCUT2D eigenvalue weighted by Crippen LogP contribution is -2.14. The second kappa shape index (κ2) is 9.52. The molecule has 0 bridgehead atoms. The van der Waals surface area contributed by atoms with Crippen molar-refractivity contribution in [2.45, 2.75) is 51.9 Å². The summed E-state index contributed by atoms with van der Waals surface area (Å²) in [6, 6.07) is 11.6. The number of aryl methyl sites for hydroxylation is 2. The normalized spacial score (nSPS) is 13.8. The number of nitrogens with one attached hydrogen (secondary N) is 2. The lowest BCUT2D eigenvalue weighted by atomic mass is 9.97. The SMILES string of the molecule is Cc1ccc(NC(=O)CCc2nnc3ccc(NCCC4=CCCCC4)nn23)cc1. The molecule has 7 nitrogen and oxygen atoms in total. The molecule has 1 aromatic carbocycles. The fourth-order valence-electron chi connectivity index (χ4n) is 3.65. The Balaban J connectivity index is 1.33. The van der Waals surface area contributed by atoms with E-state index in [0.29, 0.717) is 24.3 Å². The summed E-state index contributed by atoms with van der Waals surface area (Å²) in [6.45, 7) is 2.88. The number of allylic oxidation sites excluding steroid dienone is 1. The van der Waals surface area contributed by atoms with Crippen molar-refractivity contribution in [3.8, 4) is 0 Å². The molecule has 0 radical (unpaired) electrons. The number of rotatable bonds is 8. The van der Waals surface area contributed by atoms with Crippen LogP contribution in [0.15, 0.2) is 48.0 Å². The molecule has 2 aromatic heterocycles. The van der Waals surface area contributed by atoms with Gasteiger partial charge < -0.3 is 10.6 Å². The molecule has 1 aliphatic rings. The average Bonchev–Trinajstić information content (AvgIpc) is 3.17. The average molecular weight is 405 g/mol. The number of amides is 1. The van der Waals surface area contributed by atoms with Gasteiger partial charge in [-0.05, 0) is 63.3 Å². The number of aromatic nitrogens is 4. The summed E-state index contributed by atoms with van der Waals surface area (Å²) in [5.74, 6) is 1.43. The Labute approximate surface area is 176 Å². The first-order chi connectivity index (χ1) is 14.7. The van der Waals surface area contributed by atoms with Crippen molar-refractivity contribution in [1.82, 2.24) is 19.8 Å². The summed E-state index contributed by atoms with van der Waals surface area (Å²) in [6.07, 6.45) is 9.27. The molecule has 0 aliphatic heterocycles. The zero-order valence-corrected chi connectivity index (χ0v) is 17.4. The first-order valence-corrected chi connectivity index (χ1v) is 10.7. The van der Waals surface area contributed by atoms with Crippen LogP contribution in [0.4, 0.5) is 11.5 Å². The number of hydrogen-bond donors (Lipinski definition) is 2. The third-order valence-electron chi connectivity index (χ3n) is 5.38. The predicted molar refractivity (Wildman–Crippen MR) is 119 cm³/mol. The molecule has 156 valence electrons. The number of nitrogens with zero attached hydrogens (tertiary/aromatic N) is 4. The van der Waals surface area contributed by atoms with E-state index in [1.54, 1.807) is 10.1 Å². The van der Waals surface area contributed by atoms with Gasteiger partial charge in [0.05, 0.1) is 0 Å². The predicted octanol–water partition coefficient (Wildman–Crippen LogP) is 4.31. The number of hydrogen-bond acceptors (Lipinski definition) is 5. The van der Waals surface area contributed by atoms with E-state index in [4.69, 9.17) is 0 Å². The van der Waals surface area contributed by atoms with Crippen LogP contribution in [0.25, 0.3) is 5.65 Å². The minimum Gasteiger partial charge on any atom is -0.368 e. The Morgan fingerprint density at radius 1 is 1.07 bits per heavy atom. The lowest BCUT2D eigenvalue weighted by Gasteiger charge is -2.13. The van der Waals surface area contributed by atoms with Crippen LogP contribution >= 0.6 is 0 Å². The number of anilines is 2. The summed E-state index contributed by atoms with van der Waals surface area (Å²) < 4.78 is 1.72. The number of carbonyl (C=O) groups is 1. The summed E-state index contributed by atoms with van der Waals surface area (Å²) in [5, 5.41) is 19.3. The molecule has 0 atom stereocenters. The summed E-state index contributed by atoms with van der Waals surface area (Å²) in [5.41, 5.74) is 4.19. The van der Waals surface area contributed by atoms with Gasteiger partial charge in [-0.15, -0.1) is 15.3 Å². The van der Waals surface area contributed by atoms with Crippen molar-refractivity contribution in [2.24, 2.45) is 0 Å². The highest BCUT2D eigenvalue weighted by atomic mass is 16.1. The first kappa shape index (κ1) is 20.1. The van der Waals surface area contributed by atoms with Gasteiger partial charge in [0, 0.05) is 25.1 Å². The van der Waals surface area contributed by atoms with Crippen LogP contribution in [0.2, 0.25) is 0 Å². The van der Waals surface area contributed by atoms with E-state index in [1.807, 2.05) is 43.3 Å². The second-order valence-electron chi connectivity index (χ2n) is 7.80. The van der Waals surface area contributed by atoms with Crippen molar-refractivity contribution in [3.63, 3.8) is 0 Å². The third kappa shape index (κ3) is 5.23. The Kier molecular flexibility index (Phi) is 6.37. The van der Waals surface area contributed by atoms with E-state index in [0.717, 1.165) is 30.0 Å². The molecule has 4 rings (SSSR count). The van der Waals surface area contributed by atoms with Gasteiger partial charge in [0.25, 0.3) is 0 Å². The summed E-state index contributed by atoms with van der Waals surface area (Å²) in [7, 11) is 0. The van der Waals surface area contributed by atoms with E-state index in [1.165, 1.54) is 25.7 Å². The number of carbonyl (C=O) groups excluding carboxylic acids is 1. The highest BCUT2D eigenvalue weighted by molar-refractivity contribution is 5.90. The van der Waals surface area contributed by atoms with E-state index in [2.05, 4.69) is 32.0 Å². The van der Waals surface area contributed by atoms with Crippen LogP contribution in [-0.4, -0.2) is 32.3 Å². The van der Waals surface area contributed by atoms with Crippen molar-refractivity contribution >= 4 is 23.1 Å². The van der Waals surface area contributed by atoms with E-state index in [-0.39, 0.29) is 5.91 Å². The third-order valence-corrected chi connectivity index (χ3v) is 5.38. The molecule has 0 fully saturated rings. The Morgan fingerprint density at radius 2 is 1.93 bits per heavy atom. The molecule has 0 saturated heterocycles. The zero-order valence-electron chi connectivity index (χ0n) is 17.4. The molecular formula is C23H28N6O. The minimum atomic E-state index is -0.0503. The molecular weight excluding hydrogens is 376 g/mol. The summed E-state index contributed by atoms with van der Waals surface area (Å²) >= 11 is 0. The minimum absolute atomic E-state index is 0.0503. The molecule has 7 heteroatoms. The molecule has 1 amide bonds. The van der Waals surface area contributed by atoms with Gasteiger partial charge in [0.15, 0.2) is 11.5 Å². The van der Waals surface area contributed by atoms with Crippen LogP contribution < -0.4 is 10.6 Å². The topological polar surface area (TPSA) is 84.2 Å².